The Bertz CT molecular complexity index is 686. The number of nitrogens with one attached hydrogen (secondary N) is 1. The summed E-state index contributed by atoms with van der Waals surface area (Å²) in [5, 5.41) is 14.0. The lowest BCUT2D eigenvalue weighted by atomic mass is 9.85. The number of rotatable bonds is 5. The normalized spacial score (nSPS) is 11.2. The Morgan fingerprint density at radius 3 is 2.36 bits per heavy atom. The monoisotopic (exact) mass is 317 g/mol. The highest BCUT2D eigenvalue weighted by Gasteiger charge is 2.29. The van der Waals surface area contributed by atoms with Crippen LogP contribution in [0.15, 0.2) is 35.7 Å². The minimum Gasteiger partial charge on any atom is -0.481 e. The fraction of sp³-hybridized carbons (Fsp3) is 0.294. The van der Waals surface area contributed by atoms with E-state index in [1.54, 1.807) is 38.1 Å². The van der Waals surface area contributed by atoms with Crippen LogP contribution < -0.4 is 5.32 Å². The number of carboxylic acids is 1. The minimum absolute atomic E-state index is 0.128. The fourth-order valence-electron chi connectivity index (χ4n) is 2.09. The Labute approximate surface area is 133 Å². The third-order valence-electron chi connectivity index (χ3n) is 3.73. The van der Waals surface area contributed by atoms with Gasteiger partial charge in [-0.25, -0.2) is 0 Å². The van der Waals surface area contributed by atoms with Crippen molar-refractivity contribution < 1.29 is 14.7 Å². The first-order valence-electron chi connectivity index (χ1n) is 7.08. The molecule has 116 valence electrons. The molecule has 5 heteroatoms. The molecule has 1 aromatic carbocycles. The van der Waals surface area contributed by atoms with E-state index in [0.29, 0.717) is 11.3 Å². The summed E-state index contributed by atoms with van der Waals surface area (Å²) in [5.74, 6) is -1.01. The van der Waals surface area contributed by atoms with Gasteiger partial charge in [0.05, 0.1) is 10.3 Å². The van der Waals surface area contributed by atoms with Gasteiger partial charge in [0.25, 0.3) is 5.91 Å². The van der Waals surface area contributed by atoms with E-state index in [2.05, 4.69) is 5.32 Å². The second kappa shape index (κ2) is 6.32. The van der Waals surface area contributed by atoms with Crippen molar-refractivity contribution in [1.29, 1.82) is 0 Å². The smallest absolute Gasteiger partial charge is 0.313 e. The van der Waals surface area contributed by atoms with Crippen LogP contribution in [-0.2, 0) is 16.6 Å². The molecule has 1 heterocycles. The molecule has 0 fully saturated rings. The third kappa shape index (κ3) is 3.20. The molecule has 0 aliphatic carbocycles. The number of hydrogen-bond acceptors (Lipinski definition) is 3. The van der Waals surface area contributed by atoms with E-state index in [9.17, 15) is 14.7 Å². The predicted molar refractivity (Wildman–Crippen MR) is 88.8 cm³/mol. The van der Waals surface area contributed by atoms with Crippen LogP contribution in [0.2, 0.25) is 0 Å². The number of thiophene rings is 1. The van der Waals surface area contributed by atoms with Crippen molar-refractivity contribution >= 4 is 28.9 Å². The van der Waals surface area contributed by atoms with E-state index in [-0.39, 0.29) is 5.91 Å². The maximum absolute atomic E-state index is 12.3. The van der Waals surface area contributed by atoms with Crippen LogP contribution in [0.25, 0.3) is 0 Å². The molecule has 0 atom stereocenters. The van der Waals surface area contributed by atoms with Crippen molar-refractivity contribution in [3.8, 4) is 0 Å². The lowest BCUT2D eigenvalue weighted by Gasteiger charge is -2.19. The molecule has 0 unspecified atom stereocenters. The highest BCUT2D eigenvalue weighted by atomic mass is 32.1. The first-order valence-corrected chi connectivity index (χ1v) is 7.96. The number of carbonyl (C=O) groups excluding carboxylic acids is 1. The Morgan fingerprint density at radius 1 is 1.18 bits per heavy atom. The topological polar surface area (TPSA) is 66.4 Å². The van der Waals surface area contributed by atoms with Gasteiger partial charge in [-0.1, -0.05) is 19.1 Å². The number of carbonyl (C=O) groups is 2. The van der Waals surface area contributed by atoms with Crippen molar-refractivity contribution in [2.45, 2.75) is 32.6 Å². The van der Waals surface area contributed by atoms with Gasteiger partial charge < -0.3 is 10.4 Å². The van der Waals surface area contributed by atoms with Gasteiger partial charge in [0.2, 0.25) is 0 Å². The van der Waals surface area contributed by atoms with Gasteiger partial charge in [-0.3, -0.25) is 9.59 Å². The lowest BCUT2D eigenvalue weighted by Crippen LogP contribution is -2.28. The predicted octanol–water partition coefficient (Wildman–Crippen LogP) is 3.93. The molecular weight excluding hydrogens is 298 g/mol. The maximum atomic E-state index is 12.3. The molecule has 0 aliphatic heterocycles. The summed E-state index contributed by atoms with van der Waals surface area (Å²) >= 11 is 1.42. The van der Waals surface area contributed by atoms with Crippen LogP contribution in [0.3, 0.4) is 0 Å². The number of aliphatic carboxylic acids is 1. The van der Waals surface area contributed by atoms with Crippen LogP contribution >= 0.6 is 11.3 Å². The molecule has 1 aromatic heterocycles. The van der Waals surface area contributed by atoms with Gasteiger partial charge in [0, 0.05) is 5.69 Å². The largest absolute Gasteiger partial charge is 0.481 e. The zero-order valence-electron chi connectivity index (χ0n) is 12.8. The zero-order valence-corrected chi connectivity index (χ0v) is 13.7. The molecule has 0 spiro atoms. The highest BCUT2D eigenvalue weighted by molar-refractivity contribution is 7.12. The number of benzene rings is 1. The molecule has 0 aliphatic rings. The summed E-state index contributed by atoms with van der Waals surface area (Å²) in [7, 11) is 0. The van der Waals surface area contributed by atoms with Gasteiger partial charge >= 0.3 is 5.97 Å². The van der Waals surface area contributed by atoms with E-state index in [0.717, 1.165) is 16.9 Å². The van der Waals surface area contributed by atoms with Crippen LogP contribution in [0, 0.1) is 0 Å². The van der Waals surface area contributed by atoms with Crippen molar-refractivity contribution in [2.75, 3.05) is 5.32 Å². The molecule has 22 heavy (non-hydrogen) atoms. The third-order valence-corrected chi connectivity index (χ3v) is 4.69. The van der Waals surface area contributed by atoms with Gasteiger partial charge in [0.15, 0.2) is 0 Å². The first-order chi connectivity index (χ1) is 10.4. The van der Waals surface area contributed by atoms with Crippen LogP contribution in [0.1, 0.15) is 41.6 Å². The number of anilines is 1. The number of carboxylic acid groups (broad SMARTS) is 1. The van der Waals surface area contributed by atoms with E-state index in [1.165, 1.54) is 11.3 Å². The summed E-state index contributed by atoms with van der Waals surface area (Å²) in [6, 6.07) is 8.89. The van der Waals surface area contributed by atoms with Gasteiger partial charge in [-0.15, -0.1) is 11.3 Å². The molecule has 2 rings (SSSR count). The second-order valence-electron chi connectivity index (χ2n) is 5.59. The van der Waals surface area contributed by atoms with E-state index in [1.807, 2.05) is 18.4 Å². The second-order valence-corrected chi connectivity index (χ2v) is 6.51. The molecule has 4 nitrogen and oxygen atoms in total. The molecule has 0 saturated carbocycles. The molecular formula is C17H19NO3S. The molecule has 1 amide bonds. The lowest BCUT2D eigenvalue weighted by molar-refractivity contribution is -0.142. The van der Waals surface area contributed by atoms with Crippen molar-refractivity contribution in [3.05, 3.63) is 51.7 Å². The van der Waals surface area contributed by atoms with Crippen molar-refractivity contribution in [3.63, 3.8) is 0 Å². The quantitative estimate of drug-likeness (QED) is 0.878. The number of aryl methyl sites for hydroxylation is 1. The Kier molecular flexibility index (Phi) is 4.66. The summed E-state index contributed by atoms with van der Waals surface area (Å²) in [4.78, 5) is 24.2. The van der Waals surface area contributed by atoms with E-state index < -0.39 is 11.4 Å². The Morgan fingerprint density at radius 2 is 1.82 bits per heavy atom. The Hall–Kier alpha value is -2.14. The zero-order chi connectivity index (χ0) is 16.3. The average Bonchev–Trinajstić information content (AvgIpc) is 2.96. The van der Waals surface area contributed by atoms with Gasteiger partial charge in [0.1, 0.15) is 0 Å². The molecule has 0 saturated heterocycles. The molecule has 0 radical (unpaired) electrons. The maximum Gasteiger partial charge on any atom is 0.313 e. The first kappa shape index (κ1) is 16.2. The average molecular weight is 317 g/mol. The summed E-state index contributed by atoms with van der Waals surface area (Å²) in [6.07, 6.45) is 0.817. The standard InChI is InChI=1S/C17H19NO3S/c1-4-11-9-10-22-14(11)15(19)18-13-7-5-12(6-8-13)17(2,3)16(20)21/h5-10H,4H2,1-3H3,(H,18,19)(H,20,21). The number of amides is 1. The van der Waals surface area contributed by atoms with Crippen LogP contribution in [0.4, 0.5) is 5.69 Å². The van der Waals surface area contributed by atoms with Gasteiger partial charge in [-0.2, -0.15) is 0 Å². The van der Waals surface area contributed by atoms with Crippen LogP contribution in [0.5, 0.6) is 0 Å². The van der Waals surface area contributed by atoms with Crippen LogP contribution in [-0.4, -0.2) is 17.0 Å². The Balaban J connectivity index is 2.15. The van der Waals surface area contributed by atoms with Gasteiger partial charge in [-0.05, 0) is 55.0 Å². The number of hydrogen-bond donors (Lipinski definition) is 2. The van der Waals surface area contributed by atoms with Crippen molar-refractivity contribution in [1.82, 2.24) is 0 Å². The van der Waals surface area contributed by atoms with E-state index in [4.69, 9.17) is 0 Å². The van der Waals surface area contributed by atoms with E-state index >= 15 is 0 Å². The summed E-state index contributed by atoms with van der Waals surface area (Å²) in [5.41, 5.74) is 1.44. The molecule has 0 bridgehead atoms. The van der Waals surface area contributed by atoms with Crippen molar-refractivity contribution in [2.24, 2.45) is 0 Å². The highest BCUT2D eigenvalue weighted by Crippen LogP contribution is 2.25. The summed E-state index contributed by atoms with van der Waals surface area (Å²) in [6.45, 7) is 5.33. The minimum atomic E-state index is -0.953. The molecule has 2 aromatic rings. The summed E-state index contributed by atoms with van der Waals surface area (Å²) < 4.78 is 0. The SMILES string of the molecule is CCc1ccsc1C(=O)Nc1ccc(C(C)(C)C(=O)O)cc1. The fourth-order valence-corrected chi connectivity index (χ4v) is 2.99. The molecule has 2 N–H and O–H groups in total.